The van der Waals surface area contributed by atoms with Crippen molar-refractivity contribution in [2.75, 3.05) is 13.7 Å². The van der Waals surface area contributed by atoms with Crippen molar-refractivity contribution >= 4 is 11.8 Å². The molecule has 0 spiro atoms. The summed E-state index contributed by atoms with van der Waals surface area (Å²) < 4.78 is 5.19. The van der Waals surface area contributed by atoms with Crippen LogP contribution in [0.25, 0.3) is 0 Å². The highest BCUT2D eigenvalue weighted by atomic mass is 16.5. The minimum atomic E-state index is -0.194. The van der Waals surface area contributed by atoms with Crippen molar-refractivity contribution in [2.45, 2.75) is 18.8 Å². The Balaban J connectivity index is 1.62. The largest absolute Gasteiger partial charge is 0.481 e. The van der Waals surface area contributed by atoms with E-state index in [9.17, 15) is 9.59 Å². The van der Waals surface area contributed by atoms with Gasteiger partial charge >= 0.3 is 0 Å². The standard InChI is InChI=1S/C18H16N2O3/c1-23-16-8-15-11(9-19-16)6-7-12(15)10-20-17(21)13-4-2-3-5-14(13)18(20)22/h2-5,8-9,12H,6-7,10H2,1H3. The van der Waals surface area contributed by atoms with Crippen molar-refractivity contribution in [3.05, 3.63) is 58.8 Å². The fourth-order valence-electron chi connectivity index (χ4n) is 3.48. The highest BCUT2D eigenvalue weighted by molar-refractivity contribution is 6.21. The Bertz CT molecular complexity index is 781. The monoisotopic (exact) mass is 308 g/mol. The maximum Gasteiger partial charge on any atom is 0.261 e. The van der Waals surface area contributed by atoms with Gasteiger partial charge in [0.2, 0.25) is 5.88 Å². The normalized spacial score (nSPS) is 19.0. The molecule has 1 aromatic heterocycles. The Hall–Kier alpha value is -2.69. The number of hydrogen-bond donors (Lipinski definition) is 0. The molecule has 1 aromatic carbocycles. The van der Waals surface area contributed by atoms with Gasteiger partial charge in [0.15, 0.2) is 0 Å². The number of carbonyl (C=O) groups is 2. The van der Waals surface area contributed by atoms with Crippen LogP contribution in [0.1, 0.15) is 44.2 Å². The molecular formula is C18H16N2O3. The lowest BCUT2D eigenvalue weighted by Crippen LogP contribution is -2.33. The average molecular weight is 308 g/mol. The number of rotatable bonds is 3. The summed E-state index contributed by atoms with van der Waals surface area (Å²) in [5.41, 5.74) is 3.31. The lowest BCUT2D eigenvalue weighted by Gasteiger charge is -2.19. The van der Waals surface area contributed by atoms with Crippen LogP contribution in [-0.2, 0) is 6.42 Å². The number of imide groups is 1. The molecule has 0 saturated heterocycles. The molecular weight excluding hydrogens is 292 g/mol. The van der Waals surface area contributed by atoms with E-state index in [0.29, 0.717) is 23.6 Å². The van der Waals surface area contributed by atoms with Crippen molar-refractivity contribution in [2.24, 2.45) is 0 Å². The first kappa shape index (κ1) is 13.9. The number of methoxy groups -OCH3 is 1. The van der Waals surface area contributed by atoms with Crippen LogP contribution in [0.3, 0.4) is 0 Å². The first-order valence-electron chi connectivity index (χ1n) is 7.67. The second-order valence-electron chi connectivity index (χ2n) is 5.93. The van der Waals surface area contributed by atoms with Crippen LogP contribution in [0.15, 0.2) is 36.5 Å². The van der Waals surface area contributed by atoms with Crippen LogP contribution in [0.4, 0.5) is 0 Å². The SMILES string of the molecule is COc1cc2c(cn1)CCC2CN1C(=O)c2ccccc2C1=O. The molecule has 0 bridgehead atoms. The molecule has 2 amide bonds. The lowest BCUT2D eigenvalue weighted by molar-refractivity contribution is 0.0644. The Kier molecular flexibility index (Phi) is 3.15. The van der Waals surface area contributed by atoms with Gasteiger partial charge in [-0.3, -0.25) is 14.5 Å². The quantitative estimate of drug-likeness (QED) is 0.817. The Morgan fingerprint density at radius 2 is 1.91 bits per heavy atom. The number of aromatic nitrogens is 1. The molecule has 0 fully saturated rings. The van der Waals surface area contributed by atoms with E-state index < -0.39 is 0 Å². The number of nitrogens with zero attached hydrogens (tertiary/aromatic N) is 2. The number of pyridine rings is 1. The van der Waals surface area contributed by atoms with Crippen LogP contribution in [-0.4, -0.2) is 35.4 Å². The summed E-state index contributed by atoms with van der Waals surface area (Å²) in [6.07, 6.45) is 3.66. The second kappa shape index (κ2) is 5.19. The van der Waals surface area contributed by atoms with E-state index >= 15 is 0 Å². The Labute approximate surface area is 133 Å². The summed E-state index contributed by atoms with van der Waals surface area (Å²) in [5, 5.41) is 0. The topological polar surface area (TPSA) is 59.5 Å². The zero-order valence-electron chi connectivity index (χ0n) is 12.8. The second-order valence-corrected chi connectivity index (χ2v) is 5.93. The van der Waals surface area contributed by atoms with E-state index in [1.807, 2.05) is 12.3 Å². The molecule has 116 valence electrons. The van der Waals surface area contributed by atoms with Gasteiger partial charge in [0.1, 0.15) is 0 Å². The van der Waals surface area contributed by atoms with E-state index in [1.54, 1.807) is 31.4 Å². The van der Waals surface area contributed by atoms with Crippen LogP contribution in [0, 0.1) is 0 Å². The molecule has 2 aromatic rings. The van der Waals surface area contributed by atoms with Gasteiger partial charge in [0, 0.05) is 24.7 Å². The van der Waals surface area contributed by atoms with Crippen molar-refractivity contribution in [1.29, 1.82) is 0 Å². The Morgan fingerprint density at radius 3 is 2.57 bits per heavy atom. The molecule has 0 saturated carbocycles. The number of ether oxygens (including phenoxy) is 1. The maximum absolute atomic E-state index is 12.5. The summed E-state index contributed by atoms with van der Waals surface area (Å²) in [7, 11) is 1.59. The smallest absolute Gasteiger partial charge is 0.261 e. The number of benzene rings is 1. The molecule has 23 heavy (non-hydrogen) atoms. The summed E-state index contributed by atoms with van der Waals surface area (Å²) in [6.45, 7) is 0.409. The van der Waals surface area contributed by atoms with Gasteiger partial charge in [0.05, 0.1) is 18.2 Å². The molecule has 1 unspecified atom stereocenters. The number of carbonyl (C=O) groups excluding carboxylic acids is 2. The molecule has 1 aliphatic heterocycles. The van der Waals surface area contributed by atoms with Crippen LogP contribution < -0.4 is 4.74 Å². The van der Waals surface area contributed by atoms with Crippen LogP contribution in [0.5, 0.6) is 5.88 Å². The summed E-state index contributed by atoms with van der Waals surface area (Å²) >= 11 is 0. The predicted molar refractivity (Wildman–Crippen MR) is 83.7 cm³/mol. The molecule has 5 nitrogen and oxygen atoms in total. The van der Waals surface area contributed by atoms with E-state index in [1.165, 1.54) is 10.5 Å². The highest BCUT2D eigenvalue weighted by Crippen LogP contribution is 2.36. The average Bonchev–Trinajstić information content (AvgIpc) is 3.10. The summed E-state index contributed by atoms with van der Waals surface area (Å²) in [4.78, 5) is 30.6. The first-order chi connectivity index (χ1) is 11.2. The molecule has 2 aliphatic rings. The number of fused-ring (bicyclic) bond motifs is 2. The van der Waals surface area contributed by atoms with Crippen molar-refractivity contribution < 1.29 is 14.3 Å². The third-order valence-electron chi connectivity index (χ3n) is 4.69. The molecule has 1 atom stereocenters. The third-order valence-corrected chi connectivity index (χ3v) is 4.69. The number of amides is 2. The minimum Gasteiger partial charge on any atom is -0.481 e. The van der Waals surface area contributed by atoms with E-state index in [0.717, 1.165) is 18.4 Å². The van der Waals surface area contributed by atoms with Gasteiger partial charge in [-0.2, -0.15) is 0 Å². The van der Waals surface area contributed by atoms with Gasteiger partial charge in [-0.1, -0.05) is 12.1 Å². The molecule has 4 rings (SSSR count). The minimum absolute atomic E-state index is 0.143. The summed E-state index contributed by atoms with van der Waals surface area (Å²) in [5.74, 6) is 0.322. The molecule has 0 N–H and O–H groups in total. The zero-order valence-corrected chi connectivity index (χ0v) is 12.8. The van der Waals surface area contributed by atoms with Gasteiger partial charge < -0.3 is 4.74 Å². The van der Waals surface area contributed by atoms with E-state index in [2.05, 4.69) is 4.98 Å². The molecule has 2 heterocycles. The number of aryl methyl sites for hydroxylation is 1. The molecule has 0 radical (unpaired) electrons. The van der Waals surface area contributed by atoms with E-state index in [4.69, 9.17) is 4.74 Å². The van der Waals surface area contributed by atoms with Crippen LogP contribution in [0.2, 0.25) is 0 Å². The predicted octanol–water partition coefficient (Wildman–Crippen LogP) is 2.42. The van der Waals surface area contributed by atoms with Crippen molar-refractivity contribution in [3.8, 4) is 5.88 Å². The first-order valence-corrected chi connectivity index (χ1v) is 7.67. The van der Waals surface area contributed by atoms with Gasteiger partial charge in [-0.05, 0) is 36.1 Å². The molecule has 1 aliphatic carbocycles. The fourth-order valence-corrected chi connectivity index (χ4v) is 3.48. The zero-order chi connectivity index (χ0) is 16.0. The highest BCUT2D eigenvalue weighted by Gasteiger charge is 2.37. The van der Waals surface area contributed by atoms with Gasteiger partial charge in [-0.25, -0.2) is 4.98 Å². The maximum atomic E-state index is 12.5. The third kappa shape index (κ3) is 2.11. The van der Waals surface area contributed by atoms with Gasteiger partial charge in [-0.15, -0.1) is 0 Å². The number of hydrogen-bond acceptors (Lipinski definition) is 4. The van der Waals surface area contributed by atoms with Crippen molar-refractivity contribution in [1.82, 2.24) is 9.88 Å². The Morgan fingerprint density at radius 1 is 1.22 bits per heavy atom. The lowest BCUT2D eigenvalue weighted by atomic mass is 10.0. The van der Waals surface area contributed by atoms with Crippen LogP contribution >= 0.6 is 0 Å². The van der Waals surface area contributed by atoms with Gasteiger partial charge in [0.25, 0.3) is 11.8 Å². The molecule has 5 heteroatoms. The fraction of sp³-hybridized carbons (Fsp3) is 0.278. The van der Waals surface area contributed by atoms with Crippen molar-refractivity contribution in [3.63, 3.8) is 0 Å². The van der Waals surface area contributed by atoms with E-state index in [-0.39, 0.29) is 17.7 Å². The summed E-state index contributed by atoms with van der Waals surface area (Å²) in [6, 6.07) is 8.92.